The van der Waals surface area contributed by atoms with Crippen LogP contribution in [-0.4, -0.2) is 61.8 Å². The molecule has 3 atom stereocenters. The molecule has 9 heteroatoms. The number of hydrogen-bond acceptors (Lipinski definition) is 5. The maximum Gasteiger partial charge on any atom is 0.224 e. The summed E-state index contributed by atoms with van der Waals surface area (Å²) in [4.78, 5) is 18.2. The van der Waals surface area contributed by atoms with Crippen LogP contribution in [0.2, 0.25) is 0 Å². The molecule has 206 valence electrons. The Morgan fingerprint density at radius 1 is 1.13 bits per heavy atom. The van der Waals surface area contributed by atoms with E-state index in [1.54, 1.807) is 51.6 Å². The first-order valence-corrected chi connectivity index (χ1v) is 12.8. The molecule has 0 bridgehead atoms. The van der Waals surface area contributed by atoms with Crippen molar-refractivity contribution in [3.8, 4) is 5.75 Å². The minimum atomic E-state index is -0.509. The lowest BCUT2D eigenvalue weighted by atomic mass is 9.95. The molecular formula is C30H32F3N3O3. The lowest BCUT2D eigenvalue weighted by molar-refractivity contribution is -0.135. The van der Waals surface area contributed by atoms with Gasteiger partial charge in [-0.05, 0) is 49.2 Å². The quantitative estimate of drug-likeness (QED) is 0.396. The van der Waals surface area contributed by atoms with Gasteiger partial charge < -0.3 is 19.7 Å². The third-order valence-corrected chi connectivity index (χ3v) is 6.73. The maximum absolute atomic E-state index is 14.7. The summed E-state index contributed by atoms with van der Waals surface area (Å²) in [6, 6.07) is 8.45. The van der Waals surface area contributed by atoms with Gasteiger partial charge in [-0.25, -0.2) is 13.2 Å². The molecular weight excluding hydrogens is 507 g/mol. The SMILES string of the molecule is COc1ccc2ncc(F)c(C=C[C@@H]3CC[C@@H](NC/C=C/c4cc(F)ccc4F)[C@@H](CC(=O)N(C)C)O3)c2c1. The normalized spacial score (nSPS) is 19.7. The number of carbonyl (C=O) groups excluding carboxylic acids is 1. The van der Waals surface area contributed by atoms with E-state index in [4.69, 9.17) is 9.47 Å². The number of halogens is 3. The van der Waals surface area contributed by atoms with Crippen LogP contribution in [-0.2, 0) is 9.53 Å². The first-order valence-electron chi connectivity index (χ1n) is 12.8. The predicted octanol–water partition coefficient (Wildman–Crippen LogP) is 5.37. The Labute approximate surface area is 226 Å². The zero-order chi connectivity index (χ0) is 27.9. The Balaban J connectivity index is 1.46. The van der Waals surface area contributed by atoms with E-state index >= 15 is 0 Å². The Hall–Kier alpha value is -3.69. The average molecular weight is 540 g/mol. The smallest absolute Gasteiger partial charge is 0.224 e. The van der Waals surface area contributed by atoms with Gasteiger partial charge in [-0.1, -0.05) is 24.3 Å². The fourth-order valence-corrected chi connectivity index (χ4v) is 4.55. The summed E-state index contributed by atoms with van der Waals surface area (Å²) < 4.78 is 53.6. The topological polar surface area (TPSA) is 63.7 Å². The van der Waals surface area contributed by atoms with Gasteiger partial charge in [0.05, 0.1) is 37.5 Å². The third kappa shape index (κ3) is 7.25. The highest BCUT2D eigenvalue weighted by Gasteiger charge is 2.32. The van der Waals surface area contributed by atoms with Gasteiger partial charge in [0.15, 0.2) is 0 Å². The van der Waals surface area contributed by atoms with Crippen molar-refractivity contribution in [2.24, 2.45) is 0 Å². The van der Waals surface area contributed by atoms with E-state index in [0.717, 1.165) is 18.2 Å². The molecule has 1 N–H and O–H groups in total. The molecule has 1 aliphatic rings. The van der Waals surface area contributed by atoms with Crippen molar-refractivity contribution in [1.29, 1.82) is 0 Å². The zero-order valence-electron chi connectivity index (χ0n) is 22.2. The van der Waals surface area contributed by atoms with E-state index in [9.17, 15) is 18.0 Å². The van der Waals surface area contributed by atoms with Gasteiger partial charge in [-0.2, -0.15) is 0 Å². The molecule has 1 saturated heterocycles. The molecule has 3 aromatic rings. The van der Waals surface area contributed by atoms with Gasteiger partial charge in [0.25, 0.3) is 0 Å². The molecule has 1 amide bonds. The van der Waals surface area contributed by atoms with Gasteiger partial charge in [-0.3, -0.25) is 9.78 Å². The highest BCUT2D eigenvalue weighted by Crippen LogP contribution is 2.28. The molecule has 0 spiro atoms. The molecule has 4 rings (SSSR count). The van der Waals surface area contributed by atoms with E-state index in [0.29, 0.717) is 41.6 Å². The van der Waals surface area contributed by atoms with Gasteiger partial charge >= 0.3 is 0 Å². The lowest BCUT2D eigenvalue weighted by Crippen LogP contribution is -2.48. The van der Waals surface area contributed by atoms with Crippen molar-refractivity contribution < 1.29 is 27.4 Å². The molecule has 1 aromatic heterocycles. The Morgan fingerprint density at radius 3 is 2.72 bits per heavy atom. The average Bonchev–Trinajstić information content (AvgIpc) is 2.92. The van der Waals surface area contributed by atoms with Gasteiger partial charge in [0.2, 0.25) is 5.91 Å². The number of ether oxygens (including phenoxy) is 2. The highest BCUT2D eigenvalue weighted by atomic mass is 19.1. The summed E-state index contributed by atoms with van der Waals surface area (Å²) in [6.07, 6.45) is 8.69. The van der Waals surface area contributed by atoms with E-state index in [-0.39, 0.29) is 30.0 Å². The van der Waals surface area contributed by atoms with Crippen LogP contribution < -0.4 is 10.1 Å². The number of aromatic nitrogens is 1. The van der Waals surface area contributed by atoms with Crippen molar-refractivity contribution in [1.82, 2.24) is 15.2 Å². The summed E-state index contributed by atoms with van der Waals surface area (Å²) in [5, 5.41) is 3.98. The molecule has 2 aromatic carbocycles. The maximum atomic E-state index is 14.7. The van der Waals surface area contributed by atoms with Gasteiger partial charge in [0.1, 0.15) is 23.2 Å². The van der Waals surface area contributed by atoms with Crippen molar-refractivity contribution in [2.75, 3.05) is 27.7 Å². The Bertz CT molecular complexity index is 1380. The first kappa shape index (κ1) is 28.3. The molecule has 2 heterocycles. The van der Waals surface area contributed by atoms with E-state index in [1.807, 2.05) is 6.08 Å². The van der Waals surface area contributed by atoms with Crippen molar-refractivity contribution in [3.63, 3.8) is 0 Å². The third-order valence-electron chi connectivity index (χ3n) is 6.73. The fourth-order valence-electron chi connectivity index (χ4n) is 4.55. The van der Waals surface area contributed by atoms with Crippen molar-refractivity contribution >= 4 is 29.0 Å². The molecule has 0 aliphatic carbocycles. The van der Waals surface area contributed by atoms with Crippen LogP contribution in [0.3, 0.4) is 0 Å². The Morgan fingerprint density at radius 2 is 1.95 bits per heavy atom. The van der Waals surface area contributed by atoms with Crippen molar-refractivity contribution in [3.05, 3.63) is 83.3 Å². The van der Waals surface area contributed by atoms with E-state index < -0.39 is 23.6 Å². The molecule has 1 fully saturated rings. The largest absolute Gasteiger partial charge is 0.497 e. The number of benzene rings is 2. The second kappa shape index (κ2) is 12.9. The summed E-state index contributed by atoms with van der Waals surface area (Å²) in [5.41, 5.74) is 1.19. The standard InChI is InChI=1S/C30H32F3N3O3/c1-36(2)30(37)17-29-28(34-14-4-5-19-15-20(31)6-11-25(19)32)13-8-21(39-29)7-10-23-24-16-22(38-3)9-12-27(24)35-18-26(23)33/h4-7,9-12,15-16,18,21,28-29,34H,8,13-14,17H2,1-3H3/b5-4+,10-7?/t21-,28-,29-/m1/s1. The first-order chi connectivity index (χ1) is 18.7. The van der Waals surface area contributed by atoms with Gasteiger partial charge in [0, 0.05) is 43.2 Å². The summed E-state index contributed by atoms with van der Waals surface area (Å²) in [7, 11) is 4.92. The molecule has 0 radical (unpaired) electrons. The van der Waals surface area contributed by atoms with Gasteiger partial charge in [-0.15, -0.1) is 0 Å². The zero-order valence-corrected chi connectivity index (χ0v) is 22.2. The van der Waals surface area contributed by atoms with Crippen LogP contribution in [0.5, 0.6) is 5.75 Å². The number of carbonyl (C=O) groups is 1. The highest BCUT2D eigenvalue weighted by molar-refractivity contribution is 5.89. The number of amides is 1. The predicted molar refractivity (Wildman–Crippen MR) is 146 cm³/mol. The van der Waals surface area contributed by atoms with Crippen LogP contribution in [0.15, 0.2) is 54.7 Å². The number of rotatable bonds is 9. The lowest BCUT2D eigenvalue weighted by Gasteiger charge is -2.36. The number of nitrogens with one attached hydrogen (secondary N) is 1. The fraction of sp³-hybridized carbons (Fsp3) is 0.333. The Kier molecular flexibility index (Phi) is 9.37. The summed E-state index contributed by atoms with van der Waals surface area (Å²) in [5.74, 6) is -0.946. The molecule has 39 heavy (non-hydrogen) atoms. The van der Waals surface area contributed by atoms with E-state index in [1.165, 1.54) is 17.2 Å². The molecule has 1 aliphatic heterocycles. The number of nitrogens with zero attached hydrogens (tertiary/aromatic N) is 2. The minimum Gasteiger partial charge on any atom is -0.497 e. The number of pyridine rings is 1. The second-order valence-corrected chi connectivity index (χ2v) is 9.63. The van der Waals surface area contributed by atoms with Crippen LogP contribution in [0.1, 0.15) is 30.4 Å². The number of fused-ring (bicyclic) bond motifs is 1. The number of hydrogen-bond donors (Lipinski definition) is 1. The molecule has 0 saturated carbocycles. The van der Waals surface area contributed by atoms with Crippen LogP contribution in [0, 0.1) is 17.5 Å². The second-order valence-electron chi connectivity index (χ2n) is 9.63. The minimum absolute atomic E-state index is 0.0768. The van der Waals surface area contributed by atoms with Crippen LogP contribution >= 0.6 is 0 Å². The van der Waals surface area contributed by atoms with E-state index in [2.05, 4.69) is 10.3 Å². The van der Waals surface area contributed by atoms with Crippen LogP contribution in [0.25, 0.3) is 23.1 Å². The number of methoxy groups -OCH3 is 1. The van der Waals surface area contributed by atoms with Crippen molar-refractivity contribution in [2.45, 2.75) is 37.5 Å². The monoisotopic (exact) mass is 539 g/mol. The molecule has 0 unspecified atom stereocenters. The summed E-state index contributed by atoms with van der Waals surface area (Å²) in [6.45, 7) is 0.382. The molecule has 6 nitrogen and oxygen atoms in total. The van der Waals surface area contributed by atoms with Crippen LogP contribution in [0.4, 0.5) is 13.2 Å². The summed E-state index contributed by atoms with van der Waals surface area (Å²) >= 11 is 0.